The van der Waals surface area contributed by atoms with E-state index in [9.17, 15) is 0 Å². The lowest BCUT2D eigenvalue weighted by atomic mass is 10.2. The number of aryl methyl sites for hydroxylation is 1. The molecule has 2 rings (SSSR count). The number of rotatable bonds is 4. The third-order valence-corrected chi connectivity index (χ3v) is 2.78. The zero-order valence-electron chi connectivity index (χ0n) is 10.5. The summed E-state index contributed by atoms with van der Waals surface area (Å²) in [5.41, 5.74) is 1.88. The van der Waals surface area contributed by atoms with Crippen LogP contribution in [-0.4, -0.2) is 17.1 Å². The number of nitrogens with zero attached hydrogens (tertiary/aromatic N) is 2. The number of aromatic nitrogens is 2. The molecule has 0 amide bonds. The molecule has 0 N–H and O–H groups in total. The fourth-order valence-corrected chi connectivity index (χ4v) is 1.95. The molecule has 0 aliphatic heterocycles. The Hall–Kier alpha value is -1.61. The average molecular weight is 263 g/mol. The summed E-state index contributed by atoms with van der Waals surface area (Å²) >= 11 is 6.03. The van der Waals surface area contributed by atoms with E-state index < -0.39 is 0 Å². The second-order valence-corrected chi connectivity index (χ2v) is 4.37. The molecule has 1 aromatic heterocycles. The van der Waals surface area contributed by atoms with Gasteiger partial charge in [0.25, 0.3) is 0 Å². The molecular weight excluding hydrogens is 248 g/mol. The number of halogens is 1. The minimum atomic E-state index is 0.478. The summed E-state index contributed by atoms with van der Waals surface area (Å²) in [7, 11) is 1.64. The van der Waals surface area contributed by atoms with Crippen molar-refractivity contribution < 1.29 is 4.74 Å². The molecule has 0 saturated heterocycles. The van der Waals surface area contributed by atoms with Crippen molar-refractivity contribution in [1.82, 2.24) is 9.97 Å². The predicted octanol–water partition coefficient (Wildman–Crippen LogP) is 3.76. The maximum Gasteiger partial charge on any atom is 0.161 e. The predicted molar refractivity (Wildman–Crippen MR) is 73.0 cm³/mol. The highest BCUT2D eigenvalue weighted by Gasteiger charge is 2.06. The summed E-state index contributed by atoms with van der Waals surface area (Å²) < 4.78 is 5.20. The van der Waals surface area contributed by atoms with Gasteiger partial charge in [0.2, 0.25) is 0 Å². The molecule has 0 spiro atoms. The van der Waals surface area contributed by atoms with Crippen molar-refractivity contribution in [1.29, 1.82) is 0 Å². The van der Waals surface area contributed by atoms with E-state index in [1.54, 1.807) is 7.11 Å². The van der Waals surface area contributed by atoms with E-state index in [1.165, 1.54) is 0 Å². The van der Waals surface area contributed by atoms with Gasteiger partial charge in [0.05, 0.1) is 7.11 Å². The Morgan fingerprint density at radius 2 is 2.06 bits per heavy atom. The van der Waals surface area contributed by atoms with Gasteiger partial charge in [-0.25, -0.2) is 9.97 Å². The smallest absolute Gasteiger partial charge is 0.161 e. The summed E-state index contributed by atoms with van der Waals surface area (Å²) in [6.45, 7) is 2.11. The van der Waals surface area contributed by atoms with Gasteiger partial charge >= 0.3 is 0 Å². The number of methoxy groups -OCH3 is 1. The van der Waals surface area contributed by atoms with Gasteiger partial charge in [0, 0.05) is 11.3 Å². The second-order valence-electron chi connectivity index (χ2n) is 3.99. The van der Waals surface area contributed by atoms with E-state index in [0.717, 1.165) is 29.8 Å². The van der Waals surface area contributed by atoms with Crippen molar-refractivity contribution >= 4 is 11.6 Å². The summed E-state index contributed by atoms with van der Waals surface area (Å²) in [6, 6.07) is 9.47. The van der Waals surface area contributed by atoms with Crippen LogP contribution in [0, 0.1) is 0 Å². The highest BCUT2D eigenvalue weighted by molar-refractivity contribution is 6.29. The topological polar surface area (TPSA) is 35.0 Å². The van der Waals surface area contributed by atoms with Gasteiger partial charge < -0.3 is 4.74 Å². The minimum Gasteiger partial charge on any atom is -0.497 e. The Morgan fingerprint density at radius 3 is 2.78 bits per heavy atom. The first-order valence-electron chi connectivity index (χ1n) is 5.91. The summed E-state index contributed by atoms with van der Waals surface area (Å²) in [5, 5.41) is 0.478. The molecule has 0 aliphatic rings. The van der Waals surface area contributed by atoms with Crippen molar-refractivity contribution in [3.8, 4) is 17.1 Å². The summed E-state index contributed by atoms with van der Waals surface area (Å²) in [5.74, 6) is 1.43. The standard InChI is InChI=1S/C14H15ClN2O/c1-3-5-11-9-13(15)17-14(16-11)10-6-4-7-12(8-10)18-2/h4,6-9H,3,5H2,1-2H3. The first-order chi connectivity index (χ1) is 8.72. The molecule has 0 radical (unpaired) electrons. The lowest BCUT2D eigenvalue weighted by Gasteiger charge is -2.06. The molecule has 1 aromatic carbocycles. The number of benzene rings is 1. The first kappa shape index (κ1) is 12.8. The van der Waals surface area contributed by atoms with Gasteiger partial charge in [-0.05, 0) is 24.6 Å². The van der Waals surface area contributed by atoms with E-state index in [4.69, 9.17) is 16.3 Å². The Balaban J connectivity index is 2.42. The molecular formula is C14H15ClN2O. The molecule has 2 aromatic rings. The van der Waals surface area contributed by atoms with Crippen LogP contribution in [0.5, 0.6) is 5.75 Å². The largest absolute Gasteiger partial charge is 0.497 e. The van der Waals surface area contributed by atoms with Crippen molar-refractivity contribution in [3.05, 3.63) is 41.2 Å². The number of hydrogen-bond donors (Lipinski definition) is 0. The third kappa shape index (κ3) is 2.99. The fraction of sp³-hybridized carbons (Fsp3) is 0.286. The van der Waals surface area contributed by atoms with Gasteiger partial charge in [0.15, 0.2) is 5.82 Å². The maximum atomic E-state index is 6.03. The summed E-state index contributed by atoms with van der Waals surface area (Å²) in [6.07, 6.45) is 1.93. The van der Waals surface area contributed by atoms with Crippen LogP contribution in [0.2, 0.25) is 5.15 Å². The highest BCUT2D eigenvalue weighted by atomic mass is 35.5. The zero-order chi connectivity index (χ0) is 13.0. The van der Waals surface area contributed by atoms with Crippen LogP contribution in [-0.2, 0) is 6.42 Å². The molecule has 0 atom stereocenters. The van der Waals surface area contributed by atoms with Crippen molar-refractivity contribution in [3.63, 3.8) is 0 Å². The Bertz CT molecular complexity index is 543. The van der Waals surface area contributed by atoms with Crippen LogP contribution in [0.4, 0.5) is 0 Å². The molecule has 18 heavy (non-hydrogen) atoms. The molecule has 3 nitrogen and oxygen atoms in total. The minimum absolute atomic E-state index is 0.478. The Kier molecular flexibility index (Phi) is 4.15. The van der Waals surface area contributed by atoms with E-state index >= 15 is 0 Å². The molecule has 0 saturated carbocycles. The van der Waals surface area contributed by atoms with E-state index in [2.05, 4.69) is 16.9 Å². The van der Waals surface area contributed by atoms with Crippen LogP contribution in [0.15, 0.2) is 30.3 Å². The molecule has 4 heteroatoms. The van der Waals surface area contributed by atoms with Crippen LogP contribution < -0.4 is 4.74 Å². The molecule has 0 fully saturated rings. The van der Waals surface area contributed by atoms with E-state index in [0.29, 0.717) is 11.0 Å². The third-order valence-electron chi connectivity index (χ3n) is 2.58. The zero-order valence-corrected chi connectivity index (χ0v) is 11.2. The van der Waals surface area contributed by atoms with Gasteiger partial charge in [-0.2, -0.15) is 0 Å². The van der Waals surface area contributed by atoms with Crippen LogP contribution in [0.25, 0.3) is 11.4 Å². The molecule has 0 bridgehead atoms. The second kappa shape index (κ2) is 5.83. The normalized spacial score (nSPS) is 10.4. The van der Waals surface area contributed by atoms with Crippen LogP contribution in [0.3, 0.4) is 0 Å². The van der Waals surface area contributed by atoms with Crippen molar-refractivity contribution in [2.45, 2.75) is 19.8 Å². The number of ether oxygens (including phenoxy) is 1. The molecule has 1 heterocycles. The summed E-state index contributed by atoms with van der Waals surface area (Å²) in [4.78, 5) is 8.78. The first-order valence-corrected chi connectivity index (χ1v) is 6.28. The SMILES string of the molecule is CCCc1cc(Cl)nc(-c2cccc(OC)c2)n1. The Morgan fingerprint density at radius 1 is 1.22 bits per heavy atom. The molecule has 94 valence electrons. The maximum absolute atomic E-state index is 6.03. The molecule has 0 aliphatic carbocycles. The fourth-order valence-electron chi connectivity index (χ4n) is 1.74. The van der Waals surface area contributed by atoms with E-state index in [1.807, 2.05) is 30.3 Å². The van der Waals surface area contributed by atoms with Crippen molar-refractivity contribution in [2.24, 2.45) is 0 Å². The molecule has 0 unspecified atom stereocenters. The lowest BCUT2D eigenvalue weighted by molar-refractivity contribution is 0.415. The van der Waals surface area contributed by atoms with Gasteiger partial charge in [-0.1, -0.05) is 37.1 Å². The van der Waals surface area contributed by atoms with Gasteiger partial charge in [-0.15, -0.1) is 0 Å². The highest BCUT2D eigenvalue weighted by Crippen LogP contribution is 2.22. The van der Waals surface area contributed by atoms with Crippen molar-refractivity contribution in [2.75, 3.05) is 7.11 Å². The lowest BCUT2D eigenvalue weighted by Crippen LogP contribution is -1.96. The monoisotopic (exact) mass is 262 g/mol. The van der Waals surface area contributed by atoms with E-state index in [-0.39, 0.29) is 0 Å². The average Bonchev–Trinajstić information content (AvgIpc) is 2.38. The quantitative estimate of drug-likeness (QED) is 0.787. The van der Waals surface area contributed by atoms with Crippen LogP contribution >= 0.6 is 11.6 Å². The van der Waals surface area contributed by atoms with Gasteiger partial charge in [0.1, 0.15) is 10.9 Å². The van der Waals surface area contributed by atoms with Crippen LogP contribution in [0.1, 0.15) is 19.0 Å². The van der Waals surface area contributed by atoms with Gasteiger partial charge in [-0.3, -0.25) is 0 Å². The Labute approximate surface area is 112 Å². The number of hydrogen-bond acceptors (Lipinski definition) is 3.